The lowest BCUT2D eigenvalue weighted by atomic mass is 10.0. The van der Waals surface area contributed by atoms with E-state index in [1.165, 1.54) is 30.4 Å². The Morgan fingerprint density at radius 3 is 2.81 bits per heavy atom. The highest BCUT2D eigenvalue weighted by Gasteiger charge is 2.21. The van der Waals surface area contributed by atoms with Crippen LogP contribution in [0, 0.1) is 12.8 Å². The second-order valence-electron chi connectivity index (χ2n) is 6.06. The summed E-state index contributed by atoms with van der Waals surface area (Å²) in [4.78, 5) is 0. The summed E-state index contributed by atoms with van der Waals surface area (Å²) in [6.45, 7) is 6.89. The number of hydrogen-bond acceptors (Lipinski definition) is 3. The molecule has 2 rings (SSSR count). The maximum absolute atomic E-state index is 5.92. The maximum Gasteiger partial charge on any atom is 0.123 e. The SMILES string of the molecule is CCCNC(COCCC1CC1)c1cc(C)ccc1OC. The summed E-state index contributed by atoms with van der Waals surface area (Å²) in [7, 11) is 1.74. The van der Waals surface area contributed by atoms with Crippen LogP contribution >= 0.6 is 0 Å². The normalized spacial score (nSPS) is 16.0. The van der Waals surface area contributed by atoms with E-state index in [2.05, 4.69) is 37.4 Å². The Morgan fingerprint density at radius 2 is 2.14 bits per heavy atom. The predicted octanol–water partition coefficient (Wildman–Crippen LogP) is 3.86. The highest BCUT2D eigenvalue weighted by Crippen LogP contribution is 2.32. The zero-order valence-corrected chi connectivity index (χ0v) is 13.7. The second kappa shape index (κ2) is 8.40. The molecule has 1 aliphatic carbocycles. The van der Waals surface area contributed by atoms with E-state index in [1.54, 1.807) is 7.11 Å². The monoisotopic (exact) mass is 291 g/mol. The summed E-state index contributed by atoms with van der Waals surface area (Å²) in [6.07, 6.45) is 5.12. The van der Waals surface area contributed by atoms with Gasteiger partial charge in [0.25, 0.3) is 0 Å². The summed E-state index contributed by atoms with van der Waals surface area (Å²) in [5.41, 5.74) is 2.46. The zero-order valence-electron chi connectivity index (χ0n) is 13.7. The van der Waals surface area contributed by atoms with Crippen molar-refractivity contribution in [1.29, 1.82) is 0 Å². The van der Waals surface area contributed by atoms with Gasteiger partial charge in [-0.3, -0.25) is 0 Å². The standard InChI is InChI=1S/C18H29NO2/c1-4-10-19-17(13-21-11-9-15-6-7-15)16-12-14(2)5-8-18(16)20-3/h5,8,12,15,17,19H,4,6-7,9-11,13H2,1-3H3. The summed E-state index contributed by atoms with van der Waals surface area (Å²) in [6, 6.07) is 6.55. The average molecular weight is 291 g/mol. The zero-order chi connectivity index (χ0) is 15.1. The summed E-state index contributed by atoms with van der Waals surface area (Å²) in [5, 5.41) is 3.59. The van der Waals surface area contributed by atoms with Crippen molar-refractivity contribution in [3.63, 3.8) is 0 Å². The molecule has 1 atom stereocenters. The van der Waals surface area contributed by atoms with Crippen molar-refractivity contribution >= 4 is 0 Å². The van der Waals surface area contributed by atoms with Gasteiger partial charge in [-0.2, -0.15) is 0 Å². The lowest BCUT2D eigenvalue weighted by Gasteiger charge is -2.22. The van der Waals surface area contributed by atoms with Crippen LogP contribution in [0.15, 0.2) is 18.2 Å². The van der Waals surface area contributed by atoms with E-state index in [1.807, 2.05) is 0 Å². The Bertz CT molecular complexity index is 429. The van der Waals surface area contributed by atoms with Crippen molar-refractivity contribution < 1.29 is 9.47 Å². The third kappa shape index (κ3) is 5.33. The summed E-state index contributed by atoms with van der Waals surface area (Å²) >= 11 is 0. The van der Waals surface area contributed by atoms with Crippen LogP contribution in [0.4, 0.5) is 0 Å². The molecule has 3 nitrogen and oxygen atoms in total. The van der Waals surface area contributed by atoms with E-state index in [0.717, 1.165) is 31.2 Å². The largest absolute Gasteiger partial charge is 0.496 e. The molecule has 0 spiro atoms. The minimum atomic E-state index is 0.207. The minimum Gasteiger partial charge on any atom is -0.496 e. The Labute approximate surface area is 129 Å². The fourth-order valence-corrected chi connectivity index (χ4v) is 2.56. The van der Waals surface area contributed by atoms with Gasteiger partial charge >= 0.3 is 0 Å². The lowest BCUT2D eigenvalue weighted by Crippen LogP contribution is -2.27. The molecule has 1 saturated carbocycles. The number of nitrogens with one attached hydrogen (secondary N) is 1. The van der Waals surface area contributed by atoms with Crippen LogP contribution in [0.25, 0.3) is 0 Å². The van der Waals surface area contributed by atoms with E-state index in [0.29, 0.717) is 6.61 Å². The molecular weight excluding hydrogens is 262 g/mol. The second-order valence-corrected chi connectivity index (χ2v) is 6.06. The van der Waals surface area contributed by atoms with Gasteiger partial charge in [-0.15, -0.1) is 0 Å². The van der Waals surface area contributed by atoms with Crippen LogP contribution in [-0.4, -0.2) is 26.9 Å². The van der Waals surface area contributed by atoms with Crippen LogP contribution in [0.1, 0.15) is 49.8 Å². The highest BCUT2D eigenvalue weighted by molar-refractivity contribution is 5.39. The van der Waals surface area contributed by atoms with Gasteiger partial charge in [-0.05, 0) is 38.3 Å². The number of aryl methyl sites for hydroxylation is 1. The first-order valence-corrected chi connectivity index (χ1v) is 8.20. The van der Waals surface area contributed by atoms with Crippen molar-refractivity contribution in [1.82, 2.24) is 5.32 Å². The van der Waals surface area contributed by atoms with Crippen LogP contribution in [0.2, 0.25) is 0 Å². The van der Waals surface area contributed by atoms with Gasteiger partial charge in [0.05, 0.1) is 19.8 Å². The maximum atomic E-state index is 5.92. The molecule has 21 heavy (non-hydrogen) atoms. The van der Waals surface area contributed by atoms with E-state index in [9.17, 15) is 0 Å². The number of ether oxygens (including phenoxy) is 2. The molecule has 0 heterocycles. The molecule has 1 aromatic carbocycles. The van der Waals surface area contributed by atoms with Crippen LogP contribution in [0.5, 0.6) is 5.75 Å². The van der Waals surface area contributed by atoms with Gasteiger partial charge in [0.1, 0.15) is 5.75 Å². The van der Waals surface area contributed by atoms with Gasteiger partial charge in [-0.1, -0.05) is 37.5 Å². The number of benzene rings is 1. The minimum absolute atomic E-state index is 0.207. The van der Waals surface area contributed by atoms with E-state index < -0.39 is 0 Å². The molecule has 0 aliphatic heterocycles. The molecule has 1 N–H and O–H groups in total. The number of hydrogen-bond donors (Lipinski definition) is 1. The molecule has 0 saturated heterocycles. The molecular formula is C18H29NO2. The van der Waals surface area contributed by atoms with E-state index in [4.69, 9.17) is 9.47 Å². The smallest absolute Gasteiger partial charge is 0.123 e. The first-order chi connectivity index (χ1) is 10.2. The summed E-state index contributed by atoms with van der Waals surface area (Å²) < 4.78 is 11.4. The van der Waals surface area contributed by atoms with Crippen molar-refractivity contribution in [2.24, 2.45) is 5.92 Å². The molecule has 1 unspecified atom stereocenters. The fourth-order valence-electron chi connectivity index (χ4n) is 2.56. The Kier molecular flexibility index (Phi) is 6.52. The van der Waals surface area contributed by atoms with Gasteiger partial charge in [0, 0.05) is 12.2 Å². The highest BCUT2D eigenvalue weighted by atomic mass is 16.5. The quantitative estimate of drug-likeness (QED) is 0.664. The molecule has 1 aliphatic rings. The topological polar surface area (TPSA) is 30.5 Å². The van der Waals surface area contributed by atoms with Crippen LogP contribution in [0.3, 0.4) is 0 Å². The fraction of sp³-hybridized carbons (Fsp3) is 0.667. The number of rotatable bonds is 10. The molecule has 0 radical (unpaired) electrons. The Hall–Kier alpha value is -1.06. The lowest BCUT2D eigenvalue weighted by molar-refractivity contribution is 0.105. The molecule has 1 aromatic rings. The van der Waals surface area contributed by atoms with E-state index >= 15 is 0 Å². The molecule has 118 valence electrons. The third-order valence-corrected chi connectivity index (χ3v) is 4.05. The molecule has 0 bridgehead atoms. The van der Waals surface area contributed by atoms with Crippen molar-refractivity contribution in [2.75, 3.05) is 26.9 Å². The molecule has 3 heteroatoms. The van der Waals surface area contributed by atoms with Gasteiger partial charge in [-0.25, -0.2) is 0 Å². The van der Waals surface area contributed by atoms with Gasteiger partial charge in [0.2, 0.25) is 0 Å². The Balaban J connectivity index is 1.97. The number of methoxy groups -OCH3 is 1. The van der Waals surface area contributed by atoms with E-state index in [-0.39, 0.29) is 6.04 Å². The first-order valence-electron chi connectivity index (χ1n) is 8.20. The van der Waals surface area contributed by atoms with Crippen molar-refractivity contribution in [3.8, 4) is 5.75 Å². The van der Waals surface area contributed by atoms with Gasteiger partial charge in [0.15, 0.2) is 0 Å². The van der Waals surface area contributed by atoms with Crippen LogP contribution < -0.4 is 10.1 Å². The van der Waals surface area contributed by atoms with Crippen LogP contribution in [-0.2, 0) is 4.74 Å². The first kappa shape index (κ1) is 16.3. The van der Waals surface area contributed by atoms with Crippen molar-refractivity contribution in [3.05, 3.63) is 29.3 Å². The molecule has 0 amide bonds. The van der Waals surface area contributed by atoms with Gasteiger partial charge < -0.3 is 14.8 Å². The Morgan fingerprint density at radius 1 is 1.33 bits per heavy atom. The predicted molar refractivity (Wildman–Crippen MR) is 86.9 cm³/mol. The van der Waals surface area contributed by atoms with Crippen molar-refractivity contribution in [2.45, 2.75) is 45.6 Å². The molecule has 0 aromatic heterocycles. The summed E-state index contributed by atoms with van der Waals surface area (Å²) in [5.74, 6) is 1.88. The third-order valence-electron chi connectivity index (χ3n) is 4.05. The average Bonchev–Trinajstić information content (AvgIpc) is 3.31. The molecule has 1 fully saturated rings.